The van der Waals surface area contributed by atoms with E-state index in [0.717, 1.165) is 5.56 Å². The van der Waals surface area contributed by atoms with Crippen LogP contribution in [0.1, 0.15) is 22.8 Å². The number of ketones is 1. The van der Waals surface area contributed by atoms with Gasteiger partial charge in [0.2, 0.25) is 11.8 Å². The van der Waals surface area contributed by atoms with Gasteiger partial charge in [0.25, 0.3) is 0 Å². The van der Waals surface area contributed by atoms with Crippen molar-refractivity contribution in [3.8, 4) is 11.6 Å². The number of likely N-dealkylation sites (N-methyl/N-ethyl adjacent to an activating group) is 2. The maximum atomic E-state index is 12.4. The molecule has 0 radical (unpaired) electrons. The smallest absolute Gasteiger partial charge is 0.239 e. The molecule has 2 heterocycles. The highest BCUT2D eigenvalue weighted by Gasteiger charge is 2.10. The number of hydrogen-bond donors (Lipinski definition) is 0. The van der Waals surface area contributed by atoms with Crippen molar-refractivity contribution in [2.45, 2.75) is 13.3 Å². The van der Waals surface area contributed by atoms with Gasteiger partial charge in [0.1, 0.15) is 5.75 Å². The summed E-state index contributed by atoms with van der Waals surface area (Å²) in [5, 5.41) is 0. The maximum absolute atomic E-state index is 12.4. The molecule has 0 fully saturated rings. The molecular formula is C23H25N5O3. The Hall–Kier alpha value is -3.81. The van der Waals surface area contributed by atoms with Crippen molar-refractivity contribution in [1.82, 2.24) is 19.9 Å². The van der Waals surface area contributed by atoms with Crippen LogP contribution in [0, 0.1) is 0 Å². The van der Waals surface area contributed by atoms with Gasteiger partial charge in [-0.3, -0.25) is 19.6 Å². The Bertz CT molecular complexity index is 1020. The van der Waals surface area contributed by atoms with Gasteiger partial charge in [0.05, 0.1) is 12.4 Å². The van der Waals surface area contributed by atoms with Gasteiger partial charge in [-0.25, -0.2) is 0 Å². The molecule has 31 heavy (non-hydrogen) atoms. The molecule has 0 saturated heterocycles. The van der Waals surface area contributed by atoms with Crippen molar-refractivity contribution < 1.29 is 14.3 Å². The number of carbonyl (C=O) groups excluding carboxylic acids is 2. The molecule has 1 aromatic carbocycles. The minimum Gasteiger partial charge on any atom is -0.437 e. The van der Waals surface area contributed by atoms with E-state index in [-0.39, 0.29) is 11.7 Å². The predicted octanol–water partition coefficient (Wildman–Crippen LogP) is 3.00. The minimum absolute atomic E-state index is 0.0125. The standard InChI is InChI=1S/C23H25N5O3/c1-17(29)27(2)11-12-28(3)22-15-25-16-23(26-22)31-20-8-6-19(7-9-20)21(30)13-18-5-4-10-24-14-18/h4-10,14-16H,11-13H2,1-3H3. The van der Waals surface area contributed by atoms with E-state index >= 15 is 0 Å². The van der Waals surface area contributed by atoms with Gasteiger partial charge in [-0.15, -0.1) is 0 Å². The summed E-state index contributed by atoms with van der Waals surface area (Å²) in [5.74, 6) is 1.57. The first-order valence-corrected chi connectivity index (χ1v) is 9.87. The lowest BCUT2D eigenvalue weighted by molar-refractivity contribution is -0.127. The molecule has 160 valence electrons. The first kappa shape index (κ1) is 21.9. The fourth-order valence-corrected chi connectivity index (χ4v) is 2.76. The molecule has 8 heteroatoms. The van der Waals surface area contributed by atoms with Crippen LogP contribution in [0.5, 0.6) is 11.6 Å². The largest absolute Gasteiger partial charge is 0.437 e. The minimum atomic E-state index is 0.0125. The SMILES string of the molecule is CC(=O)N(C)CCN(C)c1cncc(Oc2ccc(C(=O)Cc3cccnc3)cc2)n1. The highest BCUT2D eigenvalue weighted by molar-refractivity contribution is 5.97. The fourth-order valence-electron chi connectivity index (χ4n) is 2.76. The highest BCUT2D eigenvalue weighted by Crippen LogP contribution is 2.21. The van der Waals surface area contributed by atoms with E-state index in [2.05, 4.69) is 15.0 Å². The molecule has 0 aliphatic heterocycles. The molecule has 0 atom stereocenters. The summed E-state index contributed by atoms with van der Waals surface area (Å²) in [4.78, 5) is 40.0. The lowest BCUT2D eigenvalue weighted by atomic mass is 10.0. The lowest BCUT2D eigenvalue weighted by Gasteiger charge is -2.22. The van der Waals surface area contributed by atoms with Crippen LogP contribution in [0.4, 0.5) is 5.82 Å². The number of carbonyl (C=O) groups is 2. The first-order chi connectivity index (χ1) is 14.9. The van der Waals surface area contributed by atoms with E-state index in [4.69, 9.17) is 4.74 Å². The van der Waals surface area contributed by atoms with Gasteiger partial charge in [0, 0.05) is 58.5 Å². The normalized spacial score (nSPS) is 10.4. The van der Waals surface area contributed by atoms with Gasteiger partial charge in [-0.1, -0.05) is 6.07 Å². The third kappa shape index (κ3) is 6.33. The van der Waals surface area contributed by atoms with Crippen LogP contribution in [-0.4, -0.2) is 58.7 Å². The summed E-state index contributed by atoms with van der Waals surface area (Å²) in [6, 6.07) is 10.6. The first-order valence-electron chi connectivity index (χ1n) is 9.87. The number of Topliss-reactive ketones (excluding diaryl/α,β-unsaturated/α-hetero) is 1. The number of aromatic nitrogens is 3. The van der Waals surface area contributed by atoms with Crippen LogP contribution in [-0.2, 0) is 11.2 Å². The molecule has 0 bridgehead atoms. The monoisotopic (exact) mass is 419 g/mol. The van der Waals surface area contributed by atoms with Crippen LogP contribution in [0.25, 0.3) is 0 Å². The van der Waals surface area contributed by atoms with Crippen LogP contribution in [0.15, 0.2) is 61.2 Å². The second-order valence-corrected chi connectivity index (χ2v) is 7.17. The Morgan fingerprint density at radius 2 is 1.74 bits per heavy atom. The maximum Gasteiger partial charge on any atom is 0.239 e. The Morgan fingerprint density at radius 3 is 2.42 bits per heavy atom. The van der Waals surface area contributed by atoms with Crippen molar-refractivity contribution in [3.05, 3.63) is 72.3 Å². The van der Waals surface area contributed by atoms with Crippen molar-refractivity contribution in [2.75, 3.05) is 32.1 Å². The molecule has 0 aliphatic rings. The van der Waals surface area contributed by atoms with Crippen molar-refractivity contribution in [1.29, 1.82) is 0 Å². The van der Waals surface area contributed by atoms with E-state index in [0.29, 0.717) is 42.5 Å². The number of nitrogens with zero attached hydrogens (tertiary/aromatic N) is 5. The molecule has 0 saturated carbocycles. The van der Waals surface area contributed by atoms with Crippen molar-refractivity contribution in [3.63, 3.8) is 0 Å². The van der Waals surface area contributed by atoms with E-state index in [1.165, 1.54) is 13.1 Å². The quantitative estimate of drug-likeness (QED) is 0.493. The Labute approximate surface area is 181 Å². The van der Waals surface area contributed by atoms with Gasteiger partial charge < -0.3 is 14.5 Å². The van der Waals surface area contributed by atoms with Crippen molar-refractivity contribution in [2.24, 2.45) is 0 Å². The van der Waals surface area contributed by atoms with Crippen LogP contribution < -0.4 is 9.64 Å². The number of amides is 1. The highest BCUT2D eigenvalue weighted by atomic mass is 16.5. The van der Waals surface area contributed by atoms with E-state index in [1.54, 1.807) is 54.8 Å². The predicted molar refractivity (Wildman–Crippen MR) is 117 cm³/mol. The van der Waals surface area contributed by atoms with Gasteiger partial charge >= 0.3 is 0 Å². The van der Waals surface area contributed by atoms with Crippen molar-refractivity contribution >= 4 is 17.5 Å². The summed E-state index contributed by atoms with van der Waals surface area (Å²) >= 11 is 0. The van der Waals surface area contributed by atoms with Crippen LogP contribution >= 0.6 is 0 Å². The molecule has 2 aromatic heterocycles. The van der Waals surface area contributed by atoms with E-state index in [1.807, 2.05) is 24.1 Å². The van der Waals surface area contributed by atoms with E-state index in [9.17, 15) is 9.59 Å². The summed E-state index contributed by atoms with van der Waals surface area (Å²) < 4.78 is 5.80. The molecule has 0 unspecified atom stereocenters. The number of benzene rings is 1. The summed E-state index contributed by atoms with van der Waals surface area (Å²) in [5.41, 5.74) is 1.48. The molecule has 8 nitrogen and oxygen atoms in total. The topological polar surface area (TPSA) is 88.5 Å². The summed E-state index contributed by atoms with van der Waals surface area (Å²) in [6.07, 6.45) is 6.84. The Kier molecular flexibility index (Phi) is 7.26. The number of anilines is 1. The zero-order chi connectivity index (χ0) is 22.2. The Balaban J connectivity index is 1.60. The number of hydrogen-bond acceptors (Lipinski definition) is 7. The average Bonchev–Trinajstić information content (AvgIpc) is 2.78. The Morgan fingerprint density at radius 1 is 0.968 bits per heavy atom. The zero-order valence-electron chi connectivity index (χ0n) is 17.9. The van der Waals surface area contributed by atoms with E-state index < -0.39 is 0 Å². The van der Waals surface area contributed by atoms with Crippen LogP contribution in [0.2, 0.25) is 0 Å². The van der Waals surface area contributed by atoms with Crippen LogP contribution in [0.3, 0.4) is 0 Å². The average molecular weight is 419 g/mol. The molecule has 0 aliphatic carbocycles. The van der Waals surface area contributed by atoms with Gasteiger partial charge in [-0.05, 0) is 35.9 Å². The second kappa shape index (κ2) is 10.3. The zero-order valence-corrected chi connectivity index (χ0v) is 17.9. The number of pyridine rings is 1. The summed E-state index contributed by atoms with van der Waals surface area (Å²) in [7, 11) is 3.64. The third-order valence-corrected chi connectivity index (χ3v) is 4.79. The molecule has 0 N–H and O–H groups in total. The molecule has 0 spiro atoms. The lowest BCUT2D eigenvalue weighted by Crippen LogP contribution is -2.33. The molecule has 3 aromatic rings. The number of ether oxygens (including phenoxy) is 1. The number of rotatable bonds is 9. The van der Waals surface area contributed by atoms with Gasteiger partial charge in [-0.2, -0.15) is 4.98 Å². The van der Waals surface area contributed by atoms with Gasteiger partial charge in [0.15, 0.2) is 11.6 Å². The molecule has 3 rings (SSSR count). The third-order valence-electron chi connectivity index (χ3n) is 4.79. The fraction of sp³-hybridized carbons (Fsp3) is 0.261. The molecule has 1 amide bonds. The summed E-state index contributed by atoms with van der Waals surface area (Å²) in [6.45, 7) is 2.72. The molecular weight excluding hydrogens is 394 g/mol. The second-order valence-electron chi connectivity index (χ2n) is 7.17.